The van der Waals surface area contributed by atoms with Crippen molar-refractivity contribution in [2.45, 2.75) is 90.4 Å². The Morgan fingerprint density at radius 2 is 1.52 bits per heavy atom. The molecule has 0 amide bonds. The van der Waals surface area contributed by atoms with Gasteiger partial charge in [-0.25, -0.2) is 9.47 Å². The highest BCUT2D eigenvalue weighted by atomic mass is 16.2. The first-order valence-electron chi connectivity index (χ1n) is 9.06. The number of aromatic amines is 1. The van der Waals surface area contributed by atoms with Crippen LogP contribution < -0.4 is 17.1 Å². The molecule has 0 aliphatic carbocycles. The lowest BCUT2D eigenvalue weighted by Gasteiger charge is -2.29. The Kier molecular flexibility index (Phi) is 8.13. The number of nitrogen functional groups attached to an aromatic ring is 1. The second-order valence-electron chi connectivity index (χ2n) is 6.89. The smallest absolute Gasteiger partial charge is 0.335 e. The normalized spacial score (nSPS) is 11.8. The van der Waals surface area contributed by atoms with Gasteiger partial charge in [0, 0.05) is 11.8 Å². The number of nitrogens with two attached hydrogens (primary N) is 1. The fraction of sp³-hybridized carbons (Fsp3) is 0.778. The molecule has 0 bridgehead atoms. The van der Waals surface area contributed by atoms with E-state index >= 15 is 0 Å². The predicted molar refractivity (Wildman–Crippen MR) is 96.3 cm³/mol. The maximum atomic E-state index is 12.3. The van der Waals surface area contributed by atoms with Gasteiger partial charge in [0.05, 0.1) is 0 Å². The van der Waals surface area contributed by atoms with Gasteiger partial charge < -0.3 is 5.84 Å². The first-order chi connectivity index (χ1) is 10.9. The number of nitrogens with one attached hydrogen (secondary N) is 1. The van der Waals surface area contributed by atoms with Crippen molar-refractivity contribution in [2.24, 2.45) is 0 Å². The summed E-state index contributed by atoms with van der Waals surface area (Å²) < 4.78 is 0.993. The summed E-state index contributed by atoms with van der Waals surface area (Å²) in [7, 11) is 0. The topological polar surface area (TPSA) is 80.9 Å². The van der Waals surface area contributed by atoms with Crippen molar-refractivity contribution in [1.82, 2.24) is 9.66 Å². The van der Waals surface area contributed by atoms with Crippen LogP contribution in [-0.4, -0.2) is 9.66 Å². The van der Waals surface area contributed by atoms with Crippen LogP contribution in [0.2, 0.25) is 0 Å². The molecule has 1 rings (SSSR count). The highest BCUT2D eigenvalue weighted by Crippen LogP contribution is 2.33. The van der Waals surface area contributed by atoms with Crippen LogP contribution in [0.5, 0.6) is 0 Å². The van der Waals surface area contributed by atoms with Crippen molar-refractivity contribution in [2.75, 3.05) is 5.84 Å². The molecule has 0 aliphatic rings. The fourth-order valence-corrected chi connectivity index (χ4v) is 3.19. The summed E-state index contributed by atoms with van der Waals surface area (Å²) in [5.41, 5.74) is -0.417. The molecule has 0 radical (unpaired) electrons. The van der Waals surface area contributed by atoms with E-state index in [1.165, 1.54) is 44.7 Å². The Bertz CT molecular complexity index is 562. The molecule has 132 valence electrons. The van der Waals surface area contributed by atoms with E-state index in [1.54, 1.807) is 0 Å². The van der Waals surface area contributed by atoms with Crippen molar-refractivity contribution < 1.29 is 0 Å². The molecule has 0 saturated heterocycles. The largest absolute Gasteiger partial charge is 0.346 e. The Morgan fingerprint density at radius 3 is 2.00 bits per heavy atom. The van der Waals surface area contributed by atoms with Gasteiger partial charge in [0.2, 0.25) is 0 Å². The summed E-state index contributed by atoms with van der Waals surface area (Å²) in [5.74, 6) is 5.67. The lowest BCUT2D eigenvalue weighted by atomic mass is 9.75. The zero-order chi connectivity index (χ0) is 17.3. The maximum Gasteiger partial charge on any atom is 0.346 e. The minimum absolute atomic E-state index is 0.218. The van der Waals surface area contributed by atoms with Gasteiger partial charge in [0.15, 0.2) is 0 Å². The molecule has 3 N–H and O–H groups in total. The van der Waals surface area contributed by atoms with Crippen LogP contribution in [0.4, 0.5) is 0 Å². The van der Waals surface area contributed by atoms with Crippen molar-refractivity contribution in [3.8, 4) is 0 Å². The van der Waals surface area contributed by atoms with Crippen LogP contribution in [-0.2, 0) is 5.41 Å². The van der Waals surface area contributed by atoms with Gasteiger partial charge in [0.1, 0.15) is 0 Å². The SMILES string of the molecule is CCCCCCC(C)(CCCCCC)c1cn(N)c(=O)[nH]c1=O. The molecule has 0 saturated carbocycles. The number of unbranched alkanes of at least 4 members (excludes halogenated alkanes) is 6. The number of nitrogens with zero attached hydrogens (tertiary/aromatic N) is 1. The molecule has 1 aromatic rings. The van der Waals surface area contributed by atoms with E-state index in [0.29, 0.717) is 5.56 Å². The monoisotopic (exact) mass is 323 g/mol. The lowest BCUT2D eigenvalue weighted by Crippen LogP contribution is -2.40. The van der Waals surface area contributed by atoms with Gasteiger partial charge in [-0.05, 0) is 18.3 Å². The van der Waals surface area contributed by atoms with Crippen LogP contribution in [0.15, 0.2) is 15.8 Å². The highest BCUT2D eigenvalue weighted by molar-refractivity contribution is 5.18. The zero-order valence-electron chi connectivity index (χ0n) is 15.0. The van der Waals surface area contributed by atoms with Gasteiger partial charge in [0.25, 0.3) is 5.56 Å². The van der Waals surface area contributed by atoms with Crippen LogP contribution in [0.1, 0.15) is 90.5 Å². The molecular weight excluding hydrogens is 290 g/mol. The van der Waals surface area contributed by atoms with E-state index in [9.17, 15) is 9.59 Å². The van der Waals surface area contributed by atoms with Gasteiger partial charge in [-0.15, -0.1) is 0 Å². The molecular formula is C18H33N3O2. The zero-order valence-corrected chi connectivity index (χ0v) is 15.0. The minimum Gasteiger partial charge on any atom is -0.335 e. The summed E-state index contributed by atoms with van der Waals surface area (Å²) >= 11 is 0. The molecule has 1 aromatic heterocycles. The molecule has 23 heavy (non-hydrogen) atoms. The lowest BCUT2D eigenvalue weighted by molar-refractivity contribution is 0.358. The van der Waals surface area contributed by atoms with E-state index in [4.69, 9.17) is 5.84 Å². The van der Waals surface area contributed by atoms with E-state index in [1.807, 2.05) is 0 Å². The molecule has 5 nitrogen and oxygen atoms in total. The standard InChI is InChI=1S/C18H33N3O2/c1-4-6-8-10-12-18(3,13-11-9-7-5-2)15-14-21(19)17(23)20-16(15)22/h14H,4-13,19H2,1-3H3,(H,20,22,23). The number of rotatable bonds is 11. The molecule has 0 unspecified atom stereocenters. The summed E-state index contributed by atoms with van der Waals surface area (Å²) in [5, 5.41) is 0. The Morgan fingerprint density at radius 1 is 1.00 bits per heavy atom. The predicted octanol–water partition coefficient (Wildman–Crippen LogP) is 3.45. The van der Waals surface area contributed by atoms with Crippen molar-refractivity contribution >= 4 is 0 Å². The van der Waals surface area contributed by atoms with E-state index in [2.05, 4.69) is 25.8 Å². The molecule has 5 heteroatoms. The van der Waals surface area contributed by atoms with Crippen LogP contribution in [0.25, 0.3) is 0 Å². The van der Waals surface area contributed by atoms with Gasteiger partial charge in [-0.3, -0.25) is 9.78 Å². The molecule has 0 fully saturated rings. The molecule has 0 spiro atoms. The minimum atomic E-state index is -0.557. The van der Waals surface area contributed by atoms with Crippen LogP contribution in [0.3, 0.4) is 0 Å². The van der Waals surface area contributed by atoms with Crippen LogP contribution >= 0.6 is 0 Å². The molecule has 0 aromatic carbocycles. The second kappa shape index (κ2) is 9.58. The number of aromatic nitrogens is 2. The molecule has 0 atom stereocenters. The summed E-state index contributed by atoms with van der Waals surface area (Å²) in [6.45, 7) is 6.53. The number of hydrogen-bond acceptors (Lipinski definition) is 3. The summed E-state index contributed by atoms with van der Waals surface area (Å²) in [6, 6.07) is 0. The highest BCUT2D eigenvalue weighted by Gasteiger charge is 2.29. The second-order valence-corrected chi connectivity index (χ2v) is 6.89. The first kappa shape index (κ1) is 19.5. The average Bonchev–Trinajstić information content (AvgIpc) is 2.52. The number of H-pyrrole nitrogens is 1. The average molecular weight is 323 g/mol. The quantitative estimate of drug-likeness (QED) is 0.483. The van der Waals surface area contributed by atoms with Gasteiger partial charge in [-0.2, -0.15) is 0 Å². The van der Waals surface area contributed by atoms with E-state index in [-0.39, 0.29) is 11.0 Å². The Hall–Kier alpha value is -1.52. The summed E-state index contributed by atoms with van der Waals surface area (Å²) in [6.07, 6.45) is 12.8. The van der Waals surface area contributed by atoms with Crippen molar-refractivity contribution in [3.63, 3.8) is 0 Å². The van der Waals surface area contributed by atoms with Gasteiger partial charge in [-0.1, -0.05) is 72.1 Å². The summed E-state index contributed by atoms with van der Waals surface area (Å²) in [4.78, 5) is 26.1. The Balaban J connectivity index is 2.95. The van der Waals surface area contributed by atoms with Crippen LogP contribution in [0, 0.1) is 0 Å². The number of hydrogen-bond donors (Lipinski definition) is 2. The van der Waals surface area contributed by atoms with E-state index in [0.717, 1.165) is 30.4 Å². The van der Waals surface area contributed by atoms with Gasteiger partial charge >= 0.3 is 5.69 Å². The maximum absolute atomic E-state index is 12.3. The molecule has 0 aliphatic heterocycles. The first-order valence-corrected chi connectivity index (χ1v) is 9.06. The molecule has 1 heterocycles. The third-order valence-corrected chi connectivity index (χ3v) is 4.78. The van der Waals surface area contributed by atoms with Crippen molar-refractivity contribution in [1.29, 1.82) is 0 Å². The Labute approximate surface area is 139 Å². The van der Waals surface area contributed by atoms with Crippen molar-refractivity contribution in [3.05, 3.63) is 32.6 Å². The third kappa shape index (κ3) is 5.88. The fourth-order valence-electron chi connectivity index (χ4n) is 3.19. The van der Waals surface area contributed by atoms with E-state index < -0.39 is 5.69 Å². The third-order valence-electron chi connectivity index (χ3n) is 4.78.